The van der Waals surface area contributed by atoms with Crippen molar-refractivity contribution in [3.63, 3.8) is 0 Å². The van der Waals surface area contributed by atoms with Gasteiger partial charge in [0.25, 0.3) is 0 Å². The Morgan fingerprint density at radius 3 is 1.97 bits per heavy atom. The van der Waals surface area contributed by atoms with Gasteiger partial charge < -0.3 is 5.32 Å². The lowest BCUT2D eigenvalue weighted by Gasteiger charge is -2.22. The van der Waals surface area contributed by atoms with Gasteiger partial charge >= 0.3 is 18.4 Å². The Balaban J connectivity index is 1.86. The second-order valence-corrected chi connectivity index (χ2v) is 7.35. The van der Waals surface area contributed by atoms with Crippen molar-refractivity contribution in [2.45, 2.75) is 18.9 Å². The van der Waals surface area contributed by atoms with Crippen LogP contribution in [-0.2, 0) is 18.9 Å². The molecule has 0 spiro atoms. The number of alkyl halides is 6. The van der Waals surface area contributed by atoms with Gasteiger partial charge in [-0.3, -0.25) is 4.90 Å². The van der Waals surface area contributed by atoms with E-state index in [4.69, 9.17) is 5.26 Å². The molecule has 0 radical (unpaired) electrons. The summed E-state index contributed by atoms with van der Waals surface area (Å²) in [7, 11) is 0. The van der Waals surface area contributed by atoms with Crippen LogP contribution in [0, 0.1) is 11.3 Å². The van der Waals surface area contributed by atoms with E-state index in [9.17, 15) is 31.1 Å². The molecule has 2 amide bonds. The quantitative estimate of drug-likeness (QED) is 0.393. The summed E-state index contributed by atoms with van der Waals surface area (Å²) < 4.78 is 78.3. The van der Waals surface area contributed by atoms with E-state index in [0.29, 0.717) is 23.4 Å². The number of nitrogens with one attached hydrogen (secondary N) is 1. The molecule has 0 unspecified atom stereocenters. The zero-order valence-electron chi connectivity index (χ0n) is 17.9. The van der Waals surface area contributed by atoms with Crippen molar-refractivity contribution >= 4 is 17.8 Å². The summed E-state index contributed by atoms with van der Waals surface area (Å²) in [5, 5.41) is 11.4. The molecule has 3 aromatic carbocycles. The smallest absolute Gasteiger partial charge is 0.314 e. The predicted molar refractivity (Wildman–Crippen MR) is 118 cm³/mol. The summed E-state index contributed by atoms with van der Waals surface area (Å²) in [4.78, 5) is 14.2. The fourth-order valence-corrected chi connectivity index (χ4v) is 3.12. The van der Waals surface area contributed by atoms with E-state index >= 15 is 0 Å². The molecule has 1 N–H and O–H groups in total. The Kier molecular flexibility index (Phi) is 7.49. The lowest BCUT2D eigenvalue weighted by molar-refractivity contribution is -0.143. The molecule has 3 aromatic rings. The highest BCUT2D eigenvalue weighted by Crippen LogP contribution is 2.36. The molecular weight excluding hydrogens is 472 g/mol. The molecule has 3 rings (SSSR count). The average Bonchev–Trinajstić information content (AvgIpc) is 2.82. The average molecular weight is 489 g/mol. The van der Waals surface area contributed by atoms with Crippen molar-refractivity contribution in [2.24, 2.45) is 0 Å². The lowest BCUT2D eigenvalue weighted by atomic mass is 10.0. The SMILES string of the molecule is N#Cc1ccc(N(Cc2ccccc2)C(=O)N/C=C/c2cc(C(F)(F)F)cc(C(F)(F)F)c2)cc1. The molecule has 0 saturated heterocycles. The Bertz CT molecular complexity index is 1210. The van der Waals surface area contributed by atoms with Crippen LogP contribution >= 0.6 is 0 Å². The Hall–Kier alpha value is -4.26. The summed E-state index contributed by atoms with van der Waals surface area (Å²) in [6, 6.07) is 17.4. The van der Waals surface area contributed by atoms with Crippen LogP contribution in [0.4, 0.5) is 36.8 Å². The van der Waals surface area contributed by atoms with Crippen LogP contribution in [0.15, 0.2) is 79.0 Å². The monoisotopic (exact) mass is 489 g/mol. The maximum atomic E-state index is 13.1. The van der Waals surface area contributed by atoms with Crippen molar-refractivity contribution in [1.29, 1.82) is 5.26 Å². The Morgan fingerprint density at radius 2 is 1.46 bits per heavy atom. The molecule has 0 atom stereocenters. The summed E-state index contributed by atoms with van der Waals surface area (Å²) in [6.45, 7) is 0.119. The van der Waals surface area contributed by atoms with E-state index in [1.165, 1.54) is 17.0 Å². The first-order valence-corrected chi connectivity index (χ1v) is 10.1. The van der Waals surface area contributed by atoms with Gasteiger partial charge in [0, 0.05) is 11.9 Å². The maximum absolute atomic E-state index is 13.1. The molecule has 0 aliphatic heterocycles. The van der Waals surface area contributed by atoms with Crippen molar-refractivity contribution in [2.75, 3.05) is 4.90 Å². The molecule has 0 aromatic heterocycles. The first-order chi connectivity index (χ1) is 16.5. The lowest BCUT2D eigenvalue weighted by Crippen LogP contribution is -2.37. The van der Waals surface area contributed by atoms with Gasteiger partial charge in [-0.2, -0.15) is 31.6 Å². The van der Waals surface area contributed by atoms with Crippen molar-refractivity contribution in [1.82, 2.24) is 5.32 Å². The van der Waals surface area contributed by atoms with Gasteiger partial charge in [-0.1, -0.05) is 30.3 Å². The van der Waals surface area contributed by atoms with Crippen LogP contribution in [0.5, 0.6) is 0 Å². The van der Waals surface area contributed by atoms with Crippen LogP contribution in [0.25, 0.3) is 6.08 Å². The van der Waals surface area contributed by atoms with Gasteiger partial charge in [0.2, 0.25) is 0 Å². The van der Waals surface area contributed by atoms with E-state index in [-0.39, 0.29) is 18.2 Å². The van der Waals surface area contributed by atoms with Gasteiger partial charge in [-0.25, -0.2) is 4.79 Å². The predicted octanol–water partition coefficient (Wildman–Crippen LogP) is 6.98. The molecule has 0 aliphatic carbocycles. The number of hydrogen-bond donors (Lipinski definition) is 1. The first-order valence-electron chi connectivity index (χ1n) is 10.1. The summed E-state index contributed by atoms with van der Waals surface area (Å²) in [5.74, 6) is 0. The van der Waals surface area contributed by atoms with Crippen molar-refractivity contribution in [3.05, 3.63) is 107 Å². The van der Waals surface area contributed by atoms with E-state index in [2.05, 4.69) is 5.32 Å². The zero-order chi connectivity index (χ0) is 25.6. The van der Waals surface area contributed by atoms with E-state index < -0.39 is 29.5 Å². The summed E-state index contributed by atoms with van der Waals surface area (Å²) >= 11 is 0. The number of amides is 2. The molecule has 0 saturated carbocycles. The van der Waals surface area contributed by atoms with E-state index in [1.807, 2.05) is 6.07 Å². The van der Waals surface area contributed by atoms with Crippen LogP contribution in [0.1, 0.15) is 27.8 Å². The minimum absolute atomic E-state index is 0.0302. The largest absolute Gasteiger partial charge is 0.416 e. The van der Waals surface area contributed by atoms with Gasteiger partial charge in [-0.05, 0) is 59.7 Å². The second-order valence-electron chi connectivity index (χ2n) is 7.35. The van der Waals surface area contributed by atoms with Gasteiger partial charge in [0.1, 0.15) is 0 Å². The number of carbonyl (C=O) groups excluding carboxylic acids is 1. The van der Waals surface area contributed by atoms with Crippen LogP contribution < -0.4 is 10.2 Å². The highest BCUT2D eigenvalue weighted by molar-refractivity contribution is 5.92. The third-order valence-corrected chi connectivity index (χ3v) is 4.83. The number of carbonyl (C=O) groups is 1. The minimum Gasteiger partial charge on any atom is -0.314 e. The Morgan fingerprint density at radius 1 is 0.886 bits per heavy atom. The molecule has 0 aliphatic rings. The molecule has 0 heterocycles. The molecule has 4 nitrogen and oxygen atoms in total. The number of urea groups is 1. The fourth-order valence-electron chi connectivity index (χ4n) is 3.12. The number of nitriles is 1. The summed E-state index contributed by atoms with van der Waals surface area (Å²) in [5.41, 5.74) is -1.73. The van der Waals surface area contributed by atoms with E-state index in [1.54, 1.807) is 42.5 Å². The highest BCUT2D eigenvalue weighted by Gasteiger charge is 2.36. The Labute approximate surface area is 196 Å². The number of benzene rings is 3. The topological polar surface area (TPSA) is 56.1 Å². The normalized spacial score (nSPS) is 11.8. The highest BCUT2D eigenvalue weighted by atomic mass is 19.4. The summed E-state index contributed by atoms with van der Waals surface area (Å²) in [6.07, 6.45) is -8.04. The molecule has 0 bridgehead atoms. The van der Waals surface area contributed by atoms with Crippen LogP contribution in [0.2, 0.25) is 0 Å². The molecule has 35 heavy (non-hydrogen) atoms. The van der Waals surface area contributed by atoms with Crippen LogP contribution in [-0.4, -0.2) is 6.03 Å². The zero-order valence-corrected chi connectivity index (χ0v) is 17.9. The molecule has 10 heteroatoms. The number of hydrogen-bond acceptors (Lipinski definition) is 2. The van der Waals surface area contributed by atoms with E-state index in [0.717, 1.165) is 17.8 Å². The van der Waals surface area contributed by atoms with Crippen molar-refractivity contribution < 1.29 is 31.1 Å². The maximum Gasteiger partial charge on any atom is 0.416 e. The van der Waals surface area contributed by atoms with Gasteiger partial charge in [0.15, 0.2) is 0 Å². The standard InChI is InChI=1S/C25H17F6N3O/c26-24(27,28)20-12-19(13-21(14-20)25(29,30)31)10-11-33-23(35)34(16-18-4-2-1-3-5-18)22-8-6-17(15-32)7-9-22/h1-14H,16H2,(H,33,35)/b11-10+. The number of halogens is 6. The third kappa shape index (κ3) is 6.86. The van der Waals surface area contributed by atoms with Crippen LogP contribution in [0.3, 0.4) is 0 Å². The number of anilines is 1. The van der Waals surface area contributed by atoms with Gasteiger partial charge in [0.05, 0.1) is 29.3 Å². The first kappa shape index (κ1) is 25.4. The minimum atomic E-state index is -4.98. The van der Waals surface area contributed by atoms with Crippen molar-refractivity contribution in [3.8, 4) is 6.07 Å². The molecule has 0 fully saturated rings. The fraction of sp³-hybridized carbons (Fsp3) is 0.120. The molecular formula is C25H17F6N3O. The van der Waals surface area contributed by atoms with Gasteiger partial charge in [-0.15, -0.1) is 0 Å². The second kappa shape index (κ2) is 10.3. The number of rotatable bonds is 5. The third-order valence-electron chi connectivity index (χ3n) is 4.83. The molecule has 180 valence electrons. The number of nitrogens with zero attached hydrogens (tertiary/aromatic N) is 2.